The van der Waals surface area contributed by atoms with E-state index in [1.807, 2.05) is 20.8 Å². The maximum absolute atomic E-state index is 11.3. The van der Waals surface area contributed by atoms with Crippen molar-refractivity contribution in [1.82, 2.24) is 19.5 Å². The first-order valence-corrected chi connectivity index (χ1v) is 6.30. The highest BCUT2D eigenvalue weighted by atomic mass is 16.6. The topological polar surface area (TPSA) is 98.8 Å². The van der Waals surface area contributed by atoms with Crippen LogP contribution in [-0.4, -0.2) is 31.0 Å². The van der Waals surface area contributed by atoms with Gasteiger partial charge < -0.3 is 5.32 Å². The molecule has 0 spiro atoms. The number of imidazole rings is 1. The molecule has 2 heterocycles. The summed E-state index contributed by atoms with van der Waals surface area (Å²) in [6.45, 7) is 6.27. The summed E-state index contributed by atoms with van der Waals surface area (Å²) in [6.07, 6.45) is 3.69. The van der Waals surface area contributed by atoms with Gasteiger partial charge in [-0.2, -0.15) is 0 Å². The van der Waals surface area contributed by atoms with Gasteiger partial charge in [-0.25, -0.2) is 15.0 Å². The molecule has 0 amide bonds. The van der Waals surface area contributed by atoms with E-state index >= 15 is 0 Å². The van der Waals surface area contributed by atoms with Crippen LogP contribution in [0.3, 0.4) is 0 Å². The zero-order valence-electron chi connectivity index (χ0n) is 11.6. The van der Waals surface area contributed by atoms with E-state index in [1.165, 1.54) is 12.7 Å². The molecule has 0 aromatic carbocycles. The van der Waals surface area contributed by atoms with Gasteiger partial charge in [-0.1, -0.05) is 6.92 Å². The van der Waals surface area contributed by atoms with Crippen LogP contribution in [0.15, 0.2) is 12.7 Å². The van der Waals surface area contributed by atoms with E-state index in [-0.39, 0.29) is 17.3 Å². The Bertz CT molecular complexity index is 637. The molecule has 8 heteroatoms. The van der Waals surface area contributed by atoms with Crippen LogP contribution in [0.25, 0.3) is 5.82 Å². The highest BCUT2D eigenvalue weighted by molar-refractivity contribution is 5.64. The molecule has 0 radical (unpaired) electrons. The molecule has 0 fully saturated rings. The van der Waals surface area contributed by atoms with Crippen LogP contribution in [0.4, 0.5) is 11.5 Å². The Hall–Kier alpha value is -2.51. The lowest BCUT2D eigenvalue weighted by Crippen LogP contribution is -2.10. The summed E-state index contributed by atoms with van der Waals surface area (Å²) in [5.41, 5.74) is 1.48. The fraction of sp³-hybridized carbons (Fsp3) is 0.417. The van der Waals surface area contributed by atoms with Crippen LogP contribution in [-0.2, 0) is 0 Å². The van der Waals surface area contributed by atoms with E-state index in [1.54, 1.807) is 4.57 Å². The Labute approximate surface area is 116 Å². The van der Waals surface area contributed by atoms with Gasteiger partial charge in [-0.3, -0.25) is 14.7 Å². The van der Waals surface area contributed by atoms with Gasteiger partial charge in [0.15, 0.2) is 0 Å². The van der Waals surface area contributed by atoms with Crippen LogP contribution in [0.1, 0.15) is 24.7 Å². The number of hydrogen-bond donors (Lipinski definition) is 1. The summed E-state index contributed by atoms with van der Waals surface area (Å²) in [4.78, 5) is 23.0. The van der Waals surface area contributed by atoms with Crippen LogP contribution < -0.4 is 5.32 Å². The Kier molecular flexibility index (Phi) is 3.92. The minimum absolute atomic E-state index is 0.138. The second-order valence-corrected chi connectivity index (χ2v) is 4.36. The van der Waals surface area contributed by atoms with E-state index in [4.69, 9.17) is 0 Å². The van der Waals surface area contributed by atoms with Crippen LogP contribution in [0.2, 0.25) is 0 Å². The van der Waals surface area contributed by atoms with Gasteiger partial charge in [0.25, 0.3) is 0 Å². The van der Waals surface area contributed by atoms with Crippen molar-refractivity contribution in [3.05, 3.63) is 34.2 Å². The SMILES string of the molecule is CCCNc1ncnc(-n2cnc(C)c2C)c1[N+](=O)[O-]. The largest absolute Gasteiger partial charge is 0.364 e. The van der Waals surface area contributed by atoms with Crippen molar-refractivity contribution in [3.8, 4) is 5.82 Å². The summed E-state index contributed by atoms with van der Waals surface area (Å²) >= 11 is 0. The fourth-order valence-corrected chi connectivity index (χ4v) is 1.80. The van der Waals surface area contributed by atoms with Gasteiger partial charge in [0.2, 0.25) is 11.6 Å². The van der Waals surface area contributed by atoms with E-state index in [0.29, 0.717) is 6.54 Å². The number of aromatic nitrogens is 4. The highest BCUT2D eigenvalue weighted by Gasteiger charge is 2.25. The summed E-state index contributed by atoms with van der Waals surface area (Å²) in [6, 6.07) is 0. The Balaban J connectivity index is 2.58. The molecular weight excluding hydrogens is 260 g/mol. The Morgan fingerprint density at radius 1 is 1.35 bits per heavy atom. The van der Waals surface area contributed by atoms with E-state index < -0.39 is 4.92 Å². The van der Waals surface area contributed by atoms with Gasteiger partial charge in [0.05, 0.1) is 10.6 Å². The predicted octanol–water partition coefficient (Wildman–Crippen LogP) is 2.01. The number of nitro groups is 1. The lowest BCUT2D eigenvalue weighted by Gasteiger charge is -2.09. The summed E-state index contributed by atoms with van der Waals surface area (Å²) in [5, 5.41) is 14.3. The summed E-state index contributed by atoms with van der Waals surface area (Å²) < 4.78 is 1.60. The van der Waals surface area contributed by atoms with Crippen LogP contribution >= 0.6 is 0 Å². The number of aryl methyl sites for hydroxylation is 1. The zero-order valence-corrected chi connectivity index (χ0v) is 11.6. The van der Waals surface area contributed by atoms with E-state index in [2.05, 4.69) is 20.3 Å². The maximum Gasteiger partial charge on any atom is 0.354 e. The first-order valence-electron chi connectivity index (χ1n) is 6.30. The molecule has 2 aromatic rings. The van der Waals surface area contributed by atoms with Crippen molar-refractivity contribution in [1.29, 1.82) is 0 Å². The Morgan fingerprint density at radius 3 is 2.65 bits per heavy atom. The van der Waals surface area contributed by atoms with Crippen molar-refractivity contribution >= 4 is 11.5 Å². The quantitative estimate of drug-likeness (QED) is 0.662. The predicted molar refractivity (Wildman–Crippen MR) is 74.1 cm³/mol. The van der Waals surface area contributed by atoms with E-state index in [9.17, 15) is 10.1 Å². The Morgan fingerprint density at radius 2 is 2.10 bits per heavy atom. The average Bonchev–Trinajstić information content (AvgIpc) is 2.76. The fourth-order valence-electron chi connectivity index (χ4n) is 1.80. The minimum atomic E-state index is -0.470. The van der Waals surface area contributed by atoms with Crippen molar-refractivity contribution in [2.75, 3.05) is 11.9 Å². The minimum Gasteiger partial charge on any atom is -0.364 e. The molecule has 2 rings (SSSR count). The molecule has 106 valence electrons. The molecular formula is C12H16N6O2. The van der Waals surface area contributed by atoms with Crippen molar-refractivity contribution < 1.29 is 4.92 Å². The molecule has 0 saturated carbocycles. The van der Waals surface area contributed by atoms with Gasteiger partial charge in [-0.05, 0) is 20.3 Å². The van der Waals surface area contributed by atoms with Crippen LogP contribution in [0.5, 0.6) is 0 Å². The molecule has 20 heavy (non-hydrogen) atoms. The monoisotopic (exact) mass is 276 g/mol. The normalized spacial score (nSPS) is 10.6. The number of anilines is 1. The first-order chi connectivity index (χ1) is 9.56. The molecule has 0 aliphatic carbocycles. The smallest absolute Gasteiger partial charge is 0.354 e. The zero-order chi connectivity index (χ0) is 14.7. The molecule has 0 aliphatic heterocycles. The summed E-state index contributed by atoms with van der Waals surface area (Å²) in [7, 11) is 0. The molecule has 0 saturated heterocycles. The molecule has 0 atom stereocenters. The molecule has 1 N–H and O–H groups in total. The third-order valence-corrected chi connectivity index (χ3v) is 3.01. The standard InChI is InChI=1S/C12H16N6O2/c1-4-5-13-11-10(18(19)20)12(15-6-14-11)17-7-16-8(2)9(17)3/h6-7H,4-5H2,1-3H3,(H,13,14,15). The second-order valence-electron chi connectivity index (χ2n) is 4.36. The molecule has 8 nitrogen and oxygen atoms in total. The average molecular weight is 276 g/mol. The number of nitrogens with one attached hydrogen (secondary N) is 1. The number of rotatable bonds is 5. The van der Waals surface area contributed by atoms with E-state index in [0.717, 1.165) is 17.8 Å². The van der Waals surface area contributed by atoms with Gasteiger partial charge in [0.1, 0.15) is 12.7 Å². The van der Waals surface area contributed by atoms with Crippen molar-refractivity contribution in [2.45, 2.75) is 27.2 Å². The molecule has 0 unspecified atom stereocenters. The lowest BCUT2D eigenvalue weighted by molar-refractivity contribution is -0.384. The van der Waals surface area contributed by atoms with Crippen LogP contribution in [0, 0.1) is 24.0 Å². The van der Waals surface area contributed by atoms with Crippen molar-refractivity contribution in [3.63, 3.8) is 0 Å². The number of hydrogen-bond acceptors (Lipinski definition) is 6. The molecule has 0 aliphatic rings. The molecule has 2 aromatic heterocycles. The number of nitrogens with zero attached hydrogens (tertiary/aromatic N) is 5. The maximum atomic E-state index is 11.3. The summed E-state index contributed by atoms with van der Waals surface area (Å²) in [5.74, 6) is 0.453. The lowest BCUT2D eigenvalue weighted by atomic mass is 10.3. The first kappa shape index (κ1) is 13.9. The van der Waals surface area contributed by atoms with Gasteiger partial charge >= 0.3 is 5.69 Å². The highest BCUT2D eigenvalue weighted by Crippen LogP contribution is 2.28. The third-order valence-electron chi connectivity index (χ3n) is 3.01. The van der Waals surface area contributed by atoms with Crippen molar-refractivity contribution in [2.24, 2.45) is 0 Å². The van der Waals surface area contributed by atoms with Gasteiger partial charge in [0, 0.05) is 12.2 Å². The second kappa shape index (κ2) is 5.64. The molecule has 0 bridgehead atoms. The van der Waals surface area contributed by atoms with Gasteiger partial charge in [-0.15, -0.1) is 0 Å². The third kappa shape index (κ3) is 2.44.